The highest BCUT2D eigenvalue weighted by atomic mass is 32.1. The maximum atomic E-state index is 12.3. The summed E-state index contributed by atoms with van der Waals surface area (Å²) in [5, 5.41) is 7.98. The van der Waals surface area contributed by atoms with E-state index in [0.29, 0.717) is 11.7 Å². The molecule has 0 bridgehead atoms. The van der Waals surface area contributed by atoms with Gasteiger partial charge in [-0.05, 0) is 49.1 Å². The van der Waals surface area contributed by atoms with Crippen molar-refractivity contribution in [1.29, 1.82) is 0 Å². The molecule has 2 aromatic carbocycles. The van der Waals surface area contributed by atoms with Crippen LogP contribution in [0.3, 0.4) is 0 Å². The Hall–Kier alpha value is -3.19. The molecule has 30 heavy (non-hydrogen) atoms. The van der Waals surface area contributed by atoms with Gasteiger partial charge in [0.05, 0.1) is 5.69 Å². The molecule has 0 saturated heterocycles. The van der Waals surface area contributed by atoms with Gasteiger partial charge in [0.1, 0.15) is 5.75 Å². The van der Waals surface area contributed by atoms with Gasteiger partial charge in [0, 0.05) is 24.4 Å². The highest BCUT2D eigenvalue weighted by molar-refractivity contribution is 7.14. The number of thiazole rings is 1. The number of carbonyl (C=O) groups is 2. The predicted molar refractivity (Wildman–Crippen MR) is 120 cm³/mol. The molecule has 1 aromatic heterocycles. The molecule has 0 aliphatic heterocycles. The summed E-state index contributed by atoms with van der Waals surface area (Å²) in [5.41, 5.74) is 6.01. The molecule has 0 spiro atoms. The summed E-state index contributed by atoms with van der Waals surface area (Å²) in [7, 11) is 0. The first-order valence-electron chi connectivity index (χ1n) is 9.61. The molecule has 0 unspecified atom stereocenters. The molecule has 0 aliphatic carbocycles. The van der Waals surface area contributed by atoms with Gasteiger partial charge in [-0.25, -0.2) is 4.98 Å². The molecular formula is C23H25N3O3S. The lowest BCUT2D eigenvalue weighted by molar-refractivity contribution is -0.119. The van der Waals surface area contributed by atoms with Crippen LogP contribution < -0.4 is 15.4 Å². The number of aryl methyl sites for hydroxylation is 2. The van der Waals surface area contributed by atoms with Crippen LogP contribution in [0.1, 0.15) is 29.2 Å². The van der Waals surface area contributed by atoms with Crippen molar-refractivity contribution < 1.29 is 14.3 Å². The van der Waals surface area contributed by atoms with Gasteiger partial charge < -0.3 is 10.1 Å². The third-order valence-corrected chi connectivity index (χ3v) is 5.42. The Bertz CT molecular complexity index is 1060. The van der Waals surface area contributed by atoms with E-state index < -0.39 is 0 Å². The minimum absolute atomic E-state index is 0.0596. The van der Waals surface area contributed by atoms with Gasteiger partial charge in [-0.3, -0.25) is 14.9 Å². The van der Waals surface area contributed by atoms with Crippen LogP contribution in [0.25, 0.3) is 11.3 Å². The molecule has 2 N–H and O–H groups in total. The number of hydrogen-bond donors (Lipinski definition) is 2. The van der Waals surface area contributed by atoms with E-state index in [9.17, 15) is 9.59 Å². The highest BCUT2D eigenvalue weighted by Gasteiger charge is 2.11. The smallest absolute Gasteiger partial charge is 0.264 e. The molecule has 3 aromatic rings. The van der Waals surface area contributed by atoms with E-state index in [-0.39, 0.29) is 18.4 Å². The lowest BCUT2D eigenvalue weighted by Crippen LogP contribution is -2.20. The van der Waals surface area contributed by atoms with Crippen molar-refractivity contribution in [3.05, 3.63) is 64.0 Å². The molecule has 0 aliphatic rings. The van der Waals surface area contributed by atoms with Crippen LogP contribution in [0.2, 0.25) is 0 Å². The number of benzene rings is 2. The van der Waals surface area contributed by atoms with Gasteiger partial charge in [0.2, 0.25) is 5.91 Å². The summed E-state index contributed by atoms with van der Waals surface area (Å²) in [6.45, 7) is 7.93. The number of nitrogens with zero attached hydrogens (tertiary/aromatic N) is 1. The fourth-order valence-electron chi connectivity index (χ4n) is 2.93. The second kappa shape index (κ2) is 9.54. The fraction of sp³-hybridized carbons (Fsp3) is 0.261. The van der Waals surface area contributed by atoms with Gasteiger partial charge in [0.25, 0.3) is 5.91 Å². The van der Waals surface area contributed by atoms with Crippen LogP contribution in [0.4, 0.5) is 5.13 Å². The van der Waals surface area contributed by atoms with Crippen LogP contribution in [0, 0.1) is 20.8 Å². The zero-order valence-corrected chi connectivity index (χ0v) is 18.4. The van der Waals surface area contributed by atoms with E-state index in [1.807, 2.05) is 56.5 Å². The number of rotatable bonds is 7. The molecule has 0 atom stereocenters. The molecule has 3 rings (SSSR count). The van der Waals surface area contributed by atoms with E-state index in [1.165, 1.54) is 18.3 Å². The van der Waals surface area contributed by atoms with E-state index >= 15 is 0 Å². The average Bonchev–Trinajstić information content (AvgIpc) is 3.16. The zero-order chi connectivity index (χ0) is 21.7. The first-order chi connectivity index (χ1) is 14.3. The molecule has 2 amide bonds. The van der Waals surface area contributed by atoms with Crippen molar-refractivity contribution in [3.63, 3.8) is 0 Å². The quantitative estimate of drug-likeness (QED) is 0.591. The summed E-state index contributed by atoms with van der Waals surface area (Å²) < 4.78 is 5.71. The van der Waals surface area contributed by atoms with E-state index in [2.05, 4.69) is 21.7 Å². The van der Waals surface area contributed by atoms with Crippen molar-refractivity contribution in [2.24, 2.45) is 0 Å². The maximum absolute atomic E-state index is 12.3. The SMILES string of the molecule is CC(=O)NCc1ccc(-c2csc(NC(=O)COc3cc(C)cc(C)c3C)n2)cc1. The lowest BCUT2D eigenvalue weighted by atomic mass is 10.1. The third-order valence-electron chi connectivity index (χ3n) is 4.66. The van der Waals surface area contributed by atoms with Crippen LogP contribution in [0.5, 0.6) is 5.75 Å². The van der Waals surface area contributed by atoms with Crippen molar-refractivity contribution in [2.45, 2.75) is 34.2 Å². The Morgan fingerprint density at radius 1 is 1.10 bits per heavy atom. The van der Waals surface area contributed by atoms with E-state index in [0.717, 1.165) is 39.3 Å². The second-order valence-electron chi connectivity index (χ2n) is 7.19. The fourth-order valence-corrected chi connectivity index (χ4v) is 3.67. The van der Waals surface area contributed by atoms with Crippen LogP contribution >= 0.6 is 11.3 Å². The van der Waals surface area contributed by atoms with Crippen molar-refractivity contribution in [3.8, 4) is 17.0 Å². The van der Waals surface area contributed by atoms with Crippen LogP contribution in [-0.2, 0) is 16.1 Å². The van der Waals surface area contributed by atoms with E-state index in [4.69, 9.17) is 4.74 Å². The third kappa shape index (κ3) is 5.67. The van der Waals surface area contributed by atoms with Gasteiger partial charge >= 0.3 is 0 Å². The number of anilines is 1. The van der Waals surface area contributed by atoms with Gasteiger partial charge in [0.15, 0.2) is 11.7 Å². The number of hydrogen-bond acceptors (Lipinski definition) is 5. The Morgan fingerprint density at radius 2 is 1.83 bits per heavy atom. The standard InChI is InChI=1S/C23H25N3O3S/c1-14-9-15(2)16(3)21(10-14)29-12-22(28)26-23-25-20(13-30-23)19-7-5-18(6-8-19)11-24-17(4)27/h5-10,13H,11-12H2,1-4H3,(H,24,27)(H,25,26,28). The number of carbonyl (C=O) groups excluding carboxylic acids is 2. The predicted octanol–water partition coefficient (Wildman–Crippen LogP) is 4.39. The summed E-state index contributed by atoms with van der Waals surface area (Å²) in [6.07, 6.45) is 0. The highest BCUT2D eigenvalue weighted by Crippen LogP contribution is 2.26. The van der Waals surface area contributed by atoms with Crippen LogP contribution in [-0.4, -0.2) is 23.4 Å². The normalized spacial score (nSPS) is 10.5. The minimum atomic E-state index is -0.250. The largest absolute Gasteiger partial charge is 0.483 e. The minimum Gasteiger partial charge on any atom is -0.483 e. The molecule has 1 heterocycles. The molecular weight excluding hydrogens is 398 g/mol. The maximum Gasteiger partial charge on any atom is 0.264 e. The summed E-state index contributed by atoms with van der Waals surface area (Å²) >= 11 is 1.37. The van der Waals surface area contributed by atoms with Gasteiger partial charge in [-0.15, -0.1) is 11.3 Å². The molecule has 156 valence electrons. The summed E-state index contributed by atoms with van der Waals surface area (Å²) in [4.78, 5) is 27.8. The monoisotopic (exact) mass is 423 g/mol. The van der Waals surface area contributed by atoms with Crippen molar-refractivity contribution >= 4 is 28.3 Å². The lowest BCUT2D eigenvalue weighted by Gasteiger charge is -2.11. The van der Waals surface area contributed by atoms with Gasteiger partial charge in [-0.1, -0.05) is 30.3 Å². The number of nitrogens with one attached hydrogen (secondary N) is 2. The zero-order valence-electron chi connectivity index (χ0n) is 17.5. The van der Waals surface area contributed by atoms with Crippen molar-refractivity contribution in [2.75, 3.05) is 11.9 Å². The molecule has 7 heteroatoms. The molecule has 0 fully saturated rings. The number of amides is 2. The Balaban J connectivity index is 1.57. The molecule has 0 radical (unpaired) electrons. The molecule has 6 nitrogen and oxygen atoms in total. The number of aromatic nitrogens is 1. The molecule has 0 saturated carbocycles. The first-order valence-corrected chi connectivity index (χ1v) is 10.5. The van der Waals surface area contributed by atoms with Crippen molar-refractivity contribution in [1.82, 2.24) is 10.3 Å². The Morgan fingerprint density at radius 3 is 2.53 bits per heavy atom. The topological polar surface area (TPSA) is 80.3 Å². The van der Waals surface area contributed by atoms with Gasteiger partial charge in [-0.2, -0.15) is 0 Å². The number of ether oxygens (including phenoxy) is 1. The summed E-state index contributed by atoms with van der Waals surface area (Å²) in [5.74, 6) is 0.414. The Kier molecular flexibility index (Phi) is 6.84. The first kappa shape index (κ1) is 21.5. The second-order valence-corrected chi connectivity index (χ2v) is 8.04. The summed E-state index contributed by atoms with van der Waals surface area (Å²) in [6, 6.07) is 11.8. The van der Waals surface area contributed by atoms with E-state index in [1.54, 1.807) is 0 Å². The van der Waals surface area contributed by atoms with Crippen LogP contribution in [0.15, 0.2) is 41.8 Å². The Labute approximate surface area is 180 Å². The average molecular weight is 424 g/mol.